The van der Waals surface area contributed by atoms with Gasteiger partial charge in [-0.15, -0.1) is 0 Å². The molecular formula is C20H30BNO3. The Bertz CT molecular complexity index is 615. The highest BCUT2D eigenvalue weighted by Gasteiger charge is 2.56. The lowest BCUT2D eigenvalue weighted by molar-refractivity contribution is -0.121. The second-order valence-electron chi connectivity index (χ2n) is 8.73. The molecule has 3 rings (SSSR count). The highest BCUT2D eigenvalue weighted by molar-refractivity contribution is 6.48. The Morgan fingerprint density at radius 2 is 1.76 bits per heavy atom. The average Bonchev–Trinajstić information content (AvgIpc) is 3.26. The fourth-order valence-electron chi connectivity index (χ4n) is 3.79. The van der Waals surface area contributed by atoms with E-state index in [9.17, 15) is 4.79 Å². The van der Waals surface area contributed by atoms with Crippen molar-refractivity contribution in [3.8, 4) is 0 Å². The van der Waals surface area contributed by atoms with Gasteiger partial charge in [-0.2, -0.15) is 0 Å². The van der Waals surface area contributed by atoms with Gasteiger partial charge in [-0.3, -0.25) is 4.79 Å². The summed E-state index contributed by atoms with van der Waals surface area (Å²) in [4.78, 5) is 11.9. The first-order valence-corrected chi connectivity index (χ1v) is 9.32. The summed E-state index contributed by atoms with van der Waals surface area (Å²) in [6, 6.07) is 10.6. The van der Waals surface area contributed by atoms with Crippen LogP contribution >= 0.6 is 0 Å². The standard InChI is InChI=1S/C20H30BNO3/c1-13(18(22)23)17(21-24-19(2,3)20(4,5)25-21)12-15-11-16(15)14-9-7-6-8-10-14/h6-10,13,15-17H,11-12H2,1-5H3,(H2,22,23)/t13?,15-,16+,17+/m0/s1. The molecule has 1 unspecified atom stereocenters. The molecule has 0 bridgehead atoms. The van der Waals surface area contributed by atoms with Crippen LogP contribution in [0.25, 0.3) is 0 Å². The molecule has 1 saturated heterocycles. The minimum Gasteiger partial charge on any atom is -0.403 e. The molecule has 0 aromatic heterocycles. The molecule has 5 heteroatoms. The first-order valence-electron chi connectivity index (χ1n) is 9.32. The predicted molar refractivity (Wildman–Crippen MR) is 100 cm³/mol. The van der Waals surface area contributed by atoms with Crippen LogP contribution in [-0.2, 0) is 14.1 Å². The molecule has 1 heterocycles. The number of rotatable bonds is 6. The number of hydrogen-bond donors (Lipinski definition) is 1. The van der Waals surface area contributed by atoms with E-state index in [0.29, 0.717) is 11.8 Å². The van der Waals surface area contributed by atoms with Crippen molar-refractivity contribution < 1.29 is 14.1 Å². The minimum atomic E-state index is -0.393. The molecule has 4 atom stereocenters. The Hall–Kier alpha value is -1.33. The summed E-state index contributed by atoms with van der Waals surface area (Å²) in [5.41, 5.74) is 6.23. The van der Waals surface area contributed by atoms with Crippen molar-refractivity contribution in [3.63, 3.8) is 0 Å². The van der Waals surface area contributed by atoms with Gasteiger partial charge in [-0.25, -0.2) is 0 Å². The topological polar surface area (TPSA) is 61.6 Å². The SMILES string of the molecule is CC(C(N)=O)[C@@H](C[C@@H]1C[C@@H]1c1ccccc1)B1OC(C)(C)C(C)(C)O1. The van der Waals surface area contributed by atoms with Crippen LogP contribution in [0.5, 0.6) is 0 Å². The van der Waals surface area contributed by atoms with Gasteiger partial charge in [0, 0.05) is 11.7 Å². The van der Waals surface area contributed by atoms with Gasteiger partial charge in [0.2, 0.25) is 5.91 Å². The van der Waals surface area contributed by atoms with Crippen LogP contribution in [-0.4, -0.2) is 24.2 Å². The zero-order chi connectivity index (χ0) is 18.4. The first kappa shape index (κ1) is 18.5. The van der Waals surface area contributed by atoms with Crippen molar-refractivity contribution in [2.45, 2.75) is 70.4 Å². The van der Waals surface area contributed by atoms with Gasteiger partial charge in [0.25, 0.3) is 0 Å². The Balaban J connectivity index is 1.73. The van der Waals surface area contributed by atoms with Gasteiger partial charge in [0.15, 0.2) is 0 Å². The zero-order valence-corrected chi connectivity index (χ0v) is 16.0. The molecule has 2 aliphatic rings. The summed E-state index contributed by atoms with van der Waals surface area (Å²) in [6.07, 6.45) is 2.06. The molecule has 1 aromatic rings. The summed E-state index contributed by atoms with van der Waals surface area (Å²) < 4.78 is 12.5. The monoisotopic (exact) mass is 343 g/mol. The van der Waals surface area contributed by atoms with Crippen LogP contribution in [0.3, 0.4) is 0 Å². The number of benzene rings is 1. The largest absolute Gasteiger partial charge is 0.461 e. The van der Waals surface area contributed by atoms with Gasteiger partial charge in [0.1, 0.15) is 0 Å². The van der Waals surface area contributed by atoms with Crippen LogP contribution in [0.4, 0.5) is 0 Å². The van der Waals surface area contributed by atoms with E-state index in [1.807, 2.05) is 40.7 Å². The third-order valence-corrected chi connectivity index (χ3v) is 6.44. The van der Waals surface area contributed by atoms with E-state index in [2.05, 4.69) is 24.3 Å². The second-order valence-corrected chi connectivity index (χ2v) is 8.73. The minimum absolute atomic E-state index is 0.0164. The van der Waals surface area contributed by atoms with Crippen molar-refractivity contribution >= 4 is 13.0 Å². The summed E-state index contributed by atoms with van der Waals surface area (Å²) in [5, 5.41) is 0. The summed E-state index contributed by atoms with van der Waals surface area (Å²) in [6.45, 7) is 10.1. The van der Waals surface area contributed by atoms with E-state index in [4.69, 9.17) is 15.0 Å². The first-order chi connectivity index (χ1) is 11.6. The number of primary amides is 1. The molecule has 1 aliphatic heterocycles. The fourth-order valence-corrected chi connectivity index (χ4v) is 3.79. The molecule has 2 fully saturated rings. The molecule has 136 valence electrons. The number of carbonyl (C=O) groups excluding carboxylic acids is 1. The highest BCUT2D eigenvalue weighted by Crippen LogP contribution is 2.54. The van der Waals surface area contributed by atoms with Crippen LogP contribution in [0.2, 0.25) is 5.82 Å². The normalized spacial score (nSPS) is 29.2. The molecule has 1 aliphatic carbocycles. The van der Waals surface area contributed by atoms with Crippen molar-refractivity contribution in [3.05, 3.63) is 35.9 Å². The maximum Gasteiger partial charge on any atom is 0.461 e. The zero-order valence-electron chi connectivity index (χ0n) is 16.0. The van der Waals surface area contributed by atoms with Gasteiger partial charge >= 0.3 is 7.12 Å². The number of carbonyl (C=O) groups is 1. The van der Waals surface area contributed by atoms with Gasteiger partial charge < -0.3 is 15.0 Å². The lowest BCUT2D eigenvalue weighted by Gasteiger charge is -2.32. The lowest BCUT2D eigenvalue weighted by atomic mass is 9.62. The molecule has 2 N–H and O–H groups in total. The third-order valence-electron chi connectivity index (χ3n) is 6.44. The lowest BCUT2D eigenvalue weighted by Crippen LogP contribution is -2.41. The smallest absolute Gasteiger partial charge is 0.403 e. The molecule has 0 radical (unpaired) electrons. The number of nitrogens with two attached hydrogens (primary N) is 1. The van der Waals surface area contributed by atoms with Crippen LogP contribution < -0.4 is 5.73 Å². The molecular weight excluding hydrogens is 313 g/mol. The second kappa shape index (κ2) is 6.44. The molecule has 1 saturated carbocycles. The predicted octanol–water partition coefficient (Wildman–Crippen LogP) is 3.76. The average molecular weight is 343 g/mol. The van der Waals surface area contributed by atoms with E-state index in [0.717, 1.165) is 12.8 Å². The Labute approximate surface area is 151 Å². The number of amides is 1. The summed E-state index contributed by atoms with van der Waals surface area (Å²) in [5.74, 6) is 0.569. The molecule has 0 spiro atoms. The quantitative estimate of drug-likeness (QED) is 0.800. The van der Waals surface area contributed by atoms with Crippen molar-refractivity contribution in [2.75, 3.05) is 0 Å². The Morgan fingerprint density at radius 3 is 2.28 bits per heavy atom. The fraction of sp³-hybridized carbons (Fsp3) is 0.650. The van der Waals surface area contributed by atoms with E-state index < -0.39 is 11.2 Å². The van der Waals surface area contributed by atoms with Crippen molar-refractivity contribution in [1.82, 2.24) is 0 Å². The van der Waals surface area contributed by atoms with E-state index in [1.165, 1.54) is 5.56 Å². The molecule has 1 amide bonds. The molecule has 25 heavy (non-hydrogen) atoms. The number of hydrogen-bond acceptors (Lipinski definition) is 3. The van der Waals surface area contributed by atoms with E-state index >= 15 is 0 Å². The highest BCUT2D eigenvalue weighted by atomic mass is 16.7. The van der Waals surface area contributed by atoms with Crippen LogP contribution in [0.1, 0.15) is 58.9 Å². The maximum atomic E-state index is 11.9. The van der Waals surface area contributed by atoms with Crippen molar-refractivity contribution in [2.24, 2.45) is 17.6 Å². The maximum absolute atomic E-state index is 11.9. The van der Waals surface area contributed by atoms with Gasteiger partial charge in [-0.1, -0.05) is 37.3 Å². The van der Waals surface area contributed by atoms with Gasteiger partial charge in [0.05, 0.1) is 11.2 Å². The van der Waals surface area contributed by atoms with E-state index in [-0.39, 0.29) is 24.8 Å². The van der Waals surface area contributed by atoms with Crippen LogP contribution in [0.15, 0.2) is 30.3 Å². The summed E-state index contributed by atoms with van der Waals surface area (Å²) in [7, 11) is -0.385. The molecule has 4 nitrogen and oxygen atoms in total. The summed E-state index contributed by atoms with van der Waals surface area (Å²) >= 11 is 0. The van der Waals surface area contributed by atoms with Crippen molar-refractivity contribution in [1.29, 1.82) is 0 Å². The van der Waals surface area contributed by atoms with Gasteiger partial charge in [-0.05, 0) is 57.9 Å². The Kier molecular flexibility index (Phi) is 4.76. The van der Waals surface area contributed by atoms with Crippen LogP contribution in [0, 0.1) is 11.8 Å². The molecule has 1 aromatic carbocycles. The third kappa shape index (κ3) is 3.63. The Morgan fingerprint density at radius 1 is 1.20 bits per heavy atom. The van der Waals surface area contributed by atoms with E-state index in [1.54, 1.807) is 0 Å².